The molecule has 0 amide bonds. The molecule has 0 spiro atoms. The molecule has 1 aromatic heterocycles. The lowest BCUT2D eigenvalue weighted by Gasteiger charge is -2.06. The topological polar surface area (TPSA) is 72.2 Å². The Morgan fingerprint density at radius 3 is 2.89 bits per heavy atom. The minimum Gasteiger partial charge on any atom is -0.491 e. The molecule has 0 saturated carbocycles. The Morgan fingerprint density at radius 2 is 2.21 bits per heavy atom. The second-order valence-corrected chi connectivity index (χ2v) is 3.73. The van der Waals surface area contributed by atoms with E-state index in [1.165, 1.54) is 6.07 Å². The summed E-state index contributed by atoms with van der Waals surface area (Å²) in [6, 6.07) is 4.75. The van der Waals surface area contributed by atoms with Crippen LogP contribution in [0.5, 0.6) is 5.75 Å². The van der Waals surface area contributed by atoms with Gasteiger partial charge in [0.05, 0.1) is 13.2 Å². The Morgan fingerprint density at radius 1 is 1.37 bits per heavy atom. The van der Waals surface area contributed by atoms with E-state index in [1.54, 1.807) is 26.1 Å². The molecule has 2 N–H and O–H groups in total. The largest absolute Gasteiger partial charge is 0.491 e. The average Bonchev–Trinajstić information content (AvgIpc) is 2.81. The summed E-state index contributed by atoms with van der Waals surface area (Å²) in [4.78, 5) is 0. The lowest BCUT2D eigenvalue weighted by Crippen LogP contribution is -2.04. The third kappa shape index (κ3) is 3.41. The van der Waals surface area contributed by atoms with E-state index in [1.807, 2.05) is 0 Å². The van der Waals surface area contributed by atoms with E-state index in [0.29, 0.717) is 24.7 Å². The van der Waals surface area contributed by atoms with Crippen molar-refractivity contribution in [1.29, 1.82) is 0 Å². The lowest BCUT2D eigenvalue weighted by molar-refractivity contribution is 0.321. The van der Waals surface area contributed by atoms with Crippen LogP contribution in [0.4, 0.5) is 16.1 Å². The SMILES string of the molecule is CCOc1ccc(Nc2nnc(CNC)o2)cc1F. The number of anilines is 2. The van der Waals surface area contributed by atoms with Gasteiger partial charge in [-0.25, -0.2) is 4.39 Å². The fraction of sp³-hybridized carbons (Fsp3) is 0.333. The van der Waals surface area contributed by atoms with Crippen LogP contribution < -0.4 is 15.4 Å². The molecule has 0 atom stereocenters. The zero-order chi connectivity index (χ0) is 13.7. The summed E-state index contributed by atoms with van der Waals surface area (Å²) in [5.41, 5.74) is 0.514. The van der Waals surface area contributed by atoms with Gasteiger partial charge in [0.1, 0.15) is 0 Å². The maximum atomic E-state index is 13.6. The van der Waals surface area contributed by atoms with Crippen molar-refractivity contribution in [3.8, 4) is 5.75 Å². The molecule has 0 aliphatic carbocycles. The highest BCUT2D eigenvalue weighted by atomic mass is 19.1. The van der Waals surface area contributed by atoms with Crippen molar-refractivity contribution < 1.29 is 13.5 Å². The van der Waals surface area contributed by atoms with E-state index >= 15 is 0 Å². The predicted octanol–water partition coefficient (Wildman–Crippen LogP) is 2.07. The molecule has 0 bridgehead atoms. The van der Waals surface area contributed by atoms with Gasteiger partial charge in [0.2, 0.25) is 5.89 Å². The van der Waals surface area contributed by atoms with Gasteiger partial charge >= 0.3 is 6.01 Å². The van der Waals surface area contributed by atoms with Gasteiger partial charge in [-0.2, -0.15) is 0 Å². The normalized spacial score (nSPS) is 10.5. The van der Waals surface area contributed by atoms with Gasteiger partial charge in [0, 0.05) is 11.8 Å². The van der Waals surface area contributed by atoms with Gasteiger partial charge < -0.3 is 19.8 Å². The van der Waals surface area contributed by atoms with Gasteiger partial charge in [-0.3, -0.25) is 0 Å². The number of hydrogen-bond acceptors (Lipinski definition) is 6. The van der Waals surface area contributed by atoms with Crippen LogP contribution in [-0.2, 0) is 6.54 Å². The average molecular weight is 266 g/mol. The van der Waals surface area contributed by atoms with E-state index in [-0.39, 0.29) is 11.8 Å². The summed E-state index contributed by atoms with van der Waals surface area (Å²) in [7, 11) is 1.78. The third-order valence-corrected chi connectivity index (χ3v) is 2.28. The van der Waals surface area contributed by atoms with Crippen molar-refractivity contribution in [1.82, 2.24) is 15.5 Å². The molecule has 2 rings (SSSR count). The molecule has 19 heavy (non-hydrogen) atoms. The molecule has 6 nitrogen and oxygen atoms in total. The molecule has 0 radical (unpaired) electrons. The Bertz CT molecular complexity index is 544. The van der Waals surface area contributed by atoms with Crippen LogP contribution in [0.25, 0.3) is 0 Å². The molecular weight excluding hydrogens is 251 g/mol. The lowest BCUT2D eigenvalue weighted by atomic mass is 10.3. The highest BCUT2D eigenvalue weighted by Crippen LogP contribution is 2.23. The molecule has 102 valence electrons. The van der Waals surface area contributed by atoms with Gasteiger partial charge in [0.15, 0.2) is 11.6 Å². The summed E-state index contributed by atoms with van der Waals surface area (Å²) in [5, 5.41) is 13.3. The molecular formula is C12H15FN4O2. The minimum atomic E-state index is -0.443. The summed E-state index contributed by atoms with van der Waals surface area (Å²) < 4.78 is 24.0. The van der Waals surface area contributed by atoms with E-state index < -0.39 is 5.82 Å². The second-order valence-electron chi connectivity index (χ2n) is 3.73. The van der Waals surface area contributed by atoms with Crippen LogP contribution in [0.2, 0.25) is 0 Å². The molecule has 2 aromatic rings. The highest BCUT2D eigenvalue weighted by molar-refractivity contribution is 5.53. The molecule has 0 aliphatic rings. The maximum Gasteiger partial charge on any atom is 0.320 e. The fourth-order valence-corrected chi connectivity index (χ4v) is 1.50. The van der Waals surface area contributed by atoms with E-state index in [0.717, 1.165) is 0 Å². The number of hydrogen-bond donors (Lipinski definition) is 2. The molecule has 0 fully saturated rings. The zero-order valence-electron chi connectivity index (χ0n) is 10.7. The first-order valence-corrected chi connectivity index (χ1v) is 5.89. The molecule has 1 heterocycles. The molecule has 1 aromatic carbocycles. The summed E-state index contributed by atoms with van der Waals surface area (Å²) in [5.74, 6) is 0.229. The van der Waals surface area contributed by atoms with Gasteiger partial charge in [-0.15, -0.1) is 5.10 Å². The van der Waals surface area contributed by atoms with Gasteiger partial charge in [0.25, 0.3) is 0 Å². The Labute approximate surface area is 110 Å². The number of halogens is 1. The van der Waals surface area contributed by atoms with Crippen molar-refractivity contribution >= 4 is 11.7 Å². The standard InChI is InChI=1S/C12H15FN4O2/c1-3-18-10-5-4-8(6-9(10)13)15-12-17-16-11(19-12)7-14-2/h4-6,14H,3,7H2,1-2H3,(H,15,17). The van der Waals surface area contributed by atoms with Crippen molar-refractivity contribution in [3.63, 3.8) is 0 Å². The highest BCUT2D eigenvalue weighted by Gasteiger charge is 2.08. The Hall–Kier alpha value is -2.15. The van der Waals surface area contributed by atoms with E-state index in [4.69, 9.17) is 9.15 Å². The molecule has 0 aliphatic heterocycles. The molecule has 0 unspecified atom stereocenters. The fourth-order valence-electron chi connectivity index (χ4n) is 1.50. The number of nitrogens with one attached hydrogen (secondary N) is 2. The Kier molecular flexibility index (Phi) is 4.30. The monoisotopic (exact) mass is 266 g/mol. The second kappa shape index (κ2) is 6.14. The number of nitrogens with zero attached hydrogens (tertiary/aromatic N) is 2. The minimum absolute atomic E-state index is 0.216. The quantitative estimate of drug-likeness (QED) is 0.834. The van der Waals surface area contributed by atoms with Crippen molar-refractivity contribution in [3.05, 3.63) is 29.9 Å². The smallest absolute Gasteiger partial charge is 0.320 e. The van der Waals surface area contributed by atoms with Crippen LogP contribution in [0.3, 0.4) is 0 Å². The number of aromatic nitrogens is 2. The summed E-state index contributed by atoms with van der Waals surface area (Å²) in [6.07, 6.45) is 0. The first kappa shape index (κ1) is 13.3. The Balaban J connectivity index is 2.07. The molecule has 7 heteroatoms. The van der Waals surface area contributed by atoms with Crippen LogP contribution in [0.15, 0.2) is 22.6 Å². The first-order valence-electron chi connectivity index (χ1n) is 5.89. The van der Waals surface area contributed by atoms with Gasteiger partial charge in [-0.05, 0) is 26.1 Å². The van der Waals surface area contributed by atoms with Crippen LogP contribution in [-0.4, -0.2) is 23.9 Å². The maximum absolute atomic E-state index is 13.6. The third-order valence-electron chi connectivity index (χ3n) is 2.28. The van der Waals surface area contributed by atoms with Crippen molar-refractivity contribution in [2.75, 3.05) is 19.0 Å². The van der Waals surface area contributed by atoms with Crippen molar-refractivity contribution in [2.45, 2.75) is 13.5 Å². The van der Waals surface area contributed by atoms with Crippen LogP contribution >= 0.6 is 0 Å². The van der Waals surface area contributed by atoms with Crippen LogP contribution in [0, 0.1) is 5.82 Å². The first-order chi connectivity index (χ1) is 9.22. The number of ether oxygens (including phenoxy) is 1. The number of rotatable bonds is 6. The summed E-state index contributed by atoms with van der Waals surface area (Å²) in [6.45, 7) is 2.69. The summed E-state index contributed by atoms with van der Waals surface area (Å²) >= 11 is 0. The van der Waals surface area contributed by atoms with E-state index in [9.17, 15) is 4.39 Å². The number of benzene rings is 1. The van der Waals surface area contributed by atoms with Gasteiger partial charge in [-0.1, -0.05) is 5.10 Å². The van der Waals surface area contributed by atoms with Crippen LogP contribution in [0.1, 0.15) is 12.8 Å². The zero-order valence-corrected chi connectivity index (χ0v) is 10.7. The molecule has 0 saturated heterocycles. The van der Waals surface area contributed by atoms with E-state index in [2.05, 4.69) is 20.8 Å². The predicted molar refractivity (Wildman–Crippen MR) is 67.9 cm³/mol. The van der Waals surface area contributed by atoms with Crippen molar-refractivity contribution in [2.24, 2.45) is 0 Å².